The van der Waals surface area contributed by atoms with Gasteiger partial charge in [0.15, 0.2) is 0 Å². The van der Waals surface area contributed by atoms with Crippen molar-refractivity contribution in [1.29, 1.82) is 0 Å². The van der Waals surface area contributed by atoms with Gasteiger partial charge in [0, 0.05) is 12.6 Å². The molecule has 1 aromatic heterocycles. The van der Waals surface area contributed by atoms with Gasteiger partial charge in [0.2, 0.25) is 5.88 Å². The fourth-order valence-corrected chi connectivity index (χ4v) is 2.42. The van der Waals surface area contributed by atoms with Gasteiger partial charge in [0.1, 0.15) is 6.10 Å². The van der Waals surface area contributed by atoms with E-state index in [2.05, 4.69) is 17.2 Å². The Morgan fingerprint density at radius 3 is 2.83 bits per heavy atom. The highest BCUT2D eigenvalue weighted by Crippen LogP contribution is 2.24. The zero-order valence-electron chi connectivity index (χ0n) is 10.9. The van der Waals surface area contributed by atoms with E-state index in [9.17, 15) is 0 Å². The van der Waals surface area contributed by atoms with E-state index >= 15 is 0 Å². The lowest BCUT2D eigenvalue weighted by Gasteiger charge is -2.22. The minimum atomic E-state index is 0.333. The number of halogens is 1. The predicted molar refractivity (Wildman–Crippen MR) is 74.1 cm³/mol. The molecule has 4 heteroatoms. The van der Waals surface area contributed by atoms with Crippen molar-refractivity contribution < 1.29 is 4.74 Å². The summed E-state index contributed by atoms with van der Waals surface area (Å²) in [5, 5.41) is 3.93. The molecule has 1 heterocycles. The van der Waals surface area contributed by atoms with E-state index < -0.39 is 0 Å². The van der Waals surface area contributed by atoms with E-state index in [4.69, 9.17) is 16.3 Å². The third-order valence-electron chi connectivity index (χ3n) is 3.28. The van der Waals surface area contributed by atoms with Gasteiger partial charge in [-0.3, -0.25) is 0 Å². The summed E-state index contributed by atoms with van der Waals surface area (Å²) in [7, 11) is 0. The van der Waals surface area contributed by atoms with Gasteiger partial charge >= 0.3 is 0 Å². The van der Waals surface area contributed by atoms with Gasteiger partial charge in [-0.15, -0.1) is 0 Å². The standard InChI is InChI=1S/C14H21ClN2O/c1-2-16-10-13-12(15)8-9-14(17-13)18-11-6-4-3-5-7-11/h8-9,11,16H,2-7,10H2,1H3. The van der Waals surface area contributed by atoms with Crippen LogP contribution in [0.4, 0.5) is 0 Å². The number of nitrogens with one attached hydrogen (secondary N) is 1. The summed E-state index contributed by atoms with van der Waals surface area (Å²) in [5.74, 6) is 0.708. The van der Waals surface area contributed by atoms with Crippen molar-refractivity contribution in [1.82, 2.24) is 10.3 Å². The van der Waals surface area contributed by atoms with E-state index in [0.717, 1.165) is 25.1 Å². The average Bonchev–Trinajstić information content (AvgIpc) is 2.40. The second kappa shape index (κ2) is 6.95. The summed E-state index contributed by atoms with van der Waals surface area (Å²) in [6.07, 6.45) is 6.49. The maximum atomic E-state index is 6.12. The topological polar surface area (TPSA) is 34.2 Å². The molecule has 0 spiro atoms. The Morgan fingerprint density at radius 2 is 2.11 bits per heavy atom. The number of ether oxygens (including phenoxy) is 1. The molecule has 100 valence electrons. The molecule has 0 radical (unpaired) electrons. The second-order valence-corrected chi connectivity index (χ2v) is 5.14. The Morgan fingerprint density at radius 1 is 1.33 bits per heavy atom. The third kappa shape index (κ3) is 3.85. The fraction of sp³-hybridized carbons (Fsp3) is 0.643. The number of hydrogen-bond acceptors (Lipinski definition) is 3. The van der Waals surface area contributed by atoms with Crippen molar-refractivity contribution in [2.75, 3.05) is 6.54 Å². The van der Waals surface area contributed by atoms with Crippen LogP contribution in [0.25, 0.3) is 0 Å². The van der Waals surface area contributed by atoms with Crippen LogP contribution in [0.15, 0.2) is 12.1 Å². The molecule has 2 rings (SSSR count). The number of hydrogen-bond donors (Lipinski definition) is 1. The van der Waals surface area contributed by atoms with Crippen LogP contribution in [-0.2, 0) is 6.54 Å². The maximum absolute atomic E-state index is 6.12. The lowest BCUT2D eigenvalue weighted by atomic mass is 9.98. The van der Waals surface area contributed by atoms with Crippen molar-refractivity contribution in [2.45, 2.75) is 51.7 Å². The maximum Gasteiger partial charge on any atom is 0.213 e. The highest BCUT2D eigenvalue weighted by Gasteiger charge is 2.15. The Hall–Kier alpha value is -0.800. The van der Waals surface area contributed by atoms with Gasteiger partial charge in [-0.05, 0) is 38.3 Å². The van der Waals surface area contributed by atoms with Crippen LogP contribution in [-0.4, -0.2) is 17.6 Å². The largest absolute Gasteiger partial charge is 0.474 e. The van der Waals surface area contributed by atoms with Crippen molar-refractivity contribution in [3.05, 3.63) is 22.8 Å². The van der Waals surface area contributed by atoms with E-state index in [1.165, 1.54) is 19.3 Å². The predicted octanol–water partition coefficient (Wildman–Crippen LogP) is 3.56. The Kier molecular flexibility index (Phi) is 5.26. The van der Waals surface area contributed by atoms with Crippen LogP contribution < -0.4 is 10.1 Å². The van der Waals surface area contributed by atoms with E-state index in [0.29, 0.717) is 23.6 Å². The summed E-state index contributed by atoms with van der Waals surface area (Å²) in [6, 6.07) is 3.74. The molecule has 0 amide bonds. The lowest BCUT2D eigenvalue weighted by Crippen LogP contribution is -2.20. The van der Waals surface area contributed by atoms with E-state index in [1.807, 2.05) is 12.1 Å². The minimum Gasteiger partial charge on any atom is -0.474 e. The van der Waals surface area contributed by atoms with Gasteiger partial charge in [-0.25, -0.2) is 4.98 Å². The highest BCUT2D eigenvalue weighted by molar-refractivity contribution is 6.31. The van der Waals surface area contributed by atoms with Gasteiger partial charge in [0.25, 0.3) is 0 Å². The quantitative estimate of drug-likeness (QED) is 0.887. The Balaban J connectivity index is 1.99. The highest BCUT2D eigenvalue weighted by atomic mass is 35.5. The van der Waals surface area contributed by atoms with Crippen LogP contribution in [0.1, 0.15) is 44.7 Å². The molecule has 3 nitrogen and oxygen atoms in total. The van der Waals surface area contributed by atoms with Gasteiger partial charge in [0.05, 0.1) is 10.7 Å². The van der Waals surface area contributed by atoms with Gasteiger partial charge < -0.3 is 10.1 Å². The summed E-state index contributed by atoms with van der Waals surface area (Å²) in [5.41, 5.74) is 0.867. The molecule has 1 N–H and O–H groups in total. The fourth-order valence-electron chi connectivity index (χ4n) is 2.25. The first-order valence-electron chi connectivity index (χ1n) is 6.82. The molecule has 18 heavy (non-hydrogen) atoms. The molecule has 1 aliphatic rings. The molecular formula is C14H21ClN2O. The third-order valence-corrected chi connectivity index (χ3v) is 3.62. The van der Waals surface area contributed by atoms with Crippen LogP contribution in [0.3, 0.4) is 0 Å². The molecule has 0 saturated heterocycles. The molecule has 0 atom stereocenters. The molecule has 1 fully saturated rings. The number of pyridine rings is 1. The SMILES string of the molecule is CCNCc1nc(OC2CCCCC2)ccc1Cl. The first-order valence-corrected chi connectivity index (χ1v) is 7.20. The Bertz CT molecular complexity index is 378. The Labute approximate surface area is 114 Å². The first kappa shape index (κ1) is 13.6. The summed E-state index contributed by atoms with van der Waals surface area (Å²) < 4.78 is 5.93. The lowest BCUT2D eigenvalue weighted by molar-refractivity contribution is 0.148. The van der Waals surface area contributed by atoms with Crippen LogP contribution >= 0.6 is 11.6 Å². The number of nitrogens with zero attached hydrogens (tertiary/aromatic N) is 1. The molecule has 1 saturated carbocycles. The molecule has 0 bridgehead atoms. The minimum absolute atomic E-state index is 0.333. The average molecular weight is 269 g/mol. The van der Waals surface area contributed by atoms with Crippen molar-refractivity contribution >= 4 is 11.6 Å². The van der Waals surface area contributed by atoms with Crippen LogP contribution in [0.5, 0.6) is 5.88 Å². The van der Waals surface area contributed by atoms with Crippen molar-refractivity contribution in [2.24, 2.45) is 0 Å². The van der Waals surface area contributed by atoms with Gasteiger partial charge in [-0.1, -0.05) is 24.9 Å². The molecule has 0 unspecified atom stereocenters. The number of rotatable bonds is 5. The molecule has 0 aromatic carbocycles. The zero-order chi connectivity index (χ0) is 12.8. The monoisotopic (exact) mass is 268 g/mol. The van der Waals surface area contributed by atoms with E-state index in [-0.39, 0.29) is 0 Å². The smallest absolute Gasteiger partial charge is 0.213 e. The zero-order valence-corrected chi connectivity index (χ0v) is 11.7. The molecule has 0 aliphatic heterocycles. The molecular weight excluding hydrogens is 248 g/mol. The first-order chi connectivity index (χ1) is 8.79. The molecule has 1 aromatic rings. The van der Waals surface area contributed by atoms with Crippen molar-refractivity contribution in [3.8, 4) is 5.88 Å². The number of aromatic nitrogens is 1. The van der Waals surface area contributed by atoms with Crippen LogP contribution in [0.2, 0.25) is 5.02 Å². The normalized spacial score (nSPS) is 16.8. The van der Waals surface area contributed by atoms with E-state index in [1.54, 1.807) is 0 Å². The summed E-state index contributed by atoms with van der Waals surface area (Å²) >= 11 is 6.12. The summed E-state index contributed by atoms with van der Waals surface area (Å²) in [4.78, 5) is 4.49. The van der Waals surface area contributed by atoms with Crippen LogP contribution in [0, 0.1) is 0 Å². The van der Waals surface area contributed by atoms with Gasteiger partial charge in [-0.2, -0.15) is 0 Å². The second-order valence-electron chi connectivity index (χ2n) is 4.74. The molecule has 1 aliphatic carbocycles. The summed E-state index contributed by atoms with van der Waals surface area (Å²) in [6.45, 7) is 3.67. The van der Waals surface area contributed by atoms with Crippen molar-refractivity contribution in [3.63, 3.8) is 0 Å².